The Morgan fingerprint density at radius 3 is 2.44 bits per heavy atom. The zero-order valence-electron chi connectivity index (χ0n) is 15.2. The first-order chi connectivity index (χ1) is 13.0. The van der Waals surface area contributed by atoms with Crippen LogP contribution in [0, 0.1) is 17.6 Å². The van der Waals surface area contributed by atoms with Gasteiger partial charge in [-0.15, -0.1) is 0 Å². The predicted molar refractivity (Wildman–Crippen MR) is 95.2 cm³/mol. The third-order valence-corrected chi connectivity index (χ3v) is 6.61. The SMILES string of the molecule is Cn1nccc1C(=O)N1C[C@H](c2cc(F)cc(F)c2)[C@@H]2[C@H]1C1CCN2CC1. The summed E-state index contributed by atoms with van der Waals surface area (Å²) in [5.74, 6) is -0.804. The highest BCUT2D eigenvalue weighted by Crippen LogP contribution is 2.47. The minimum atomic E-state index is -0.561. The molecule has 4 aliphatic rings. The standard InChI is InChI=1S/C20H22F2N4O/c1-24-17(2-5-23-24)20(27)26-11-16(13-8-14(21)10-15(22)9-13)19-18(26)12-3-6-25(19)7-4-12/h2,5,8-10,12,16,18-19H,3-4,6-7,11H2,1H3/t16-,18-,19-/m1/s1. The van der Waals surface area contributed by atoms with Gasteiger partial charge in [0.2, 0.25) is 0 Å². The van der Waals surface area contributed by atoms with Crippen LogP contribution in [0.15, 0.2) is 30.5 Å². The van der Waals surface area contributed by atoms with Crippen LogP contribution < -0.4 is 0 Å². The fourth-order valence-electron chi connectivity index (χ4n) is 5.47. The van der Waals surface area contributed by atoms with Crippen LogP contribution in [0.2, 0.25) is 0 Å². The van der Waals surface area contributed by atoms with Crippen molar-refractivity contribution in [1.29, 1.82) is 0 Å². The van der Waals surface area contributed by atoms with Crippen molar-refractivity contribution in [3.05, 3.63) is 53.4 Å². The van der Waals surface area contributed by atoms with E-state index in [1.807, 2.05) is 4.90 Å². The molecular formula is C20H22F2N4O. The average Bonchev–Trinajstić information content (AvgIpc) is 3.26. The Hall–Kier alpha value is -2.28. The van der Waals surface area contributed by atoms with E-state index < -0.39 is 11.6 Å². The molecule has 2 bridgehead atoms. The molecule has 1 aromatic heterocycles. The number of amides is 1. The molecule has 0 aliphatic carbocycles. The number of aromatic nitrogens is 2. The van der Waals surface area contributed by atoms with Gasteiger partial charge in [0.1, 0.15) is 17.3 Å². The summed E-state index contributed by atoms with van der Waals surface area (Å²) in [6.07, 6.45) is 3.76. The monoisotopic (exact) mass is 372 g/mol. The van der Waals surface area contributed by atoms with Gasteiger partial charge in [-0.25, -0.2) is 8.78 Å². The first-order valence-electron chi connectivity index (χ1n) is 9.52. The summed E-state index contributed by atoms with van der Waals surface area (Å²) >= 11 is 0. The Bertz CT molecular complexity index is 870. The summed E-state index contributed by atoms with van der Waals surface area (Å²) in [6, 6.07) is 5.69. The number of carbonyl (C=O) groups is 1. The lowest BCUT2D eigenvalue weighted by Gasteiger charge is -2.51. The number of likely N-dealkylation sites (tertiary alicyclic amines) is 1. The van der Waals surface area contributed by atoms with Crippen molar-refractivity contribution in [3.63, 3.8) is 0 Å². The first kappa shape index (κ1) is 16.9. The molecule has 4 saturated heterocycles. The fraction of sp³-hybridized carbons (Fsp3) is 0.500. The van der Waals surface area contributed by atoms with E-state index in [2.05, 4.69) is 10.00 Å². The van der Waals surface area contributed by atoms with Gasteiger partial charge in [0, 0.05) is 37.8 Å². The minimum absolute atomic E-state index is 0.0434. The van der Waals surface area contributed by atoms with Crippen LogP contribution in [0.3, 0.4) is 0 Å². The molecule has 1 aromatic carbocycles. The number of rotatable bonds is 2. The molecule has 4 fully saturated rings. The maximum absolute atomic E-state index is 13.9. The maximum Gasteiger partial charge on any atom is 0.272 e. The molecule has 0 N–H and O–H groups in total. The topological polar surface area (TPSA) is 41.4 Å². The molecule has 4 aliphatic heterocycles. The normalized spacial score (nSPS) is 32.0. The Morgan fingerprint density at radius 1 is 1.11 bits per heavy atom. The van der Waals surface area contributed by atoms with E-state index in [4.69, 9.17) is 0 Å². The summed E-state index contributed by atoms with van der Waals surface area (Å²) in [5, 5.41) is 4.12. The van der Waals surface area contributed by atoms with Crippen LogP contribution in [-0.2, 0) is 7.05 Å². The molecule has 7 heteroatoms. The van der Waals surface area contributed by atoms with E-state index in [9.17, 15) is 13.6 Å². The van der Waals surface area contributed by atoms with Crippen molar-refractivity contribution < 1.29 is 13.6 Å². The molecular weight excluding hydrogens is 350 g/mol. The highest BCUT2D eigenvalue weighted by Gasteiger charge is 2.55. The molecule has 0 spiro atoms. The van der Waals surface area contributed by atoms with Crippen molar-refractivity contribution >= 4 is 5.91 Å². The number of fused-ring (bicyclic) bond motifs is 2. The highest BCUT2D eigenvalue weighted by atomic mass is 19.1. The Balaban J connectivity index is 1.56. The van der Waals surface area contributed by atoms with Crippen LogP contribution in [0.5, 0.6) is 0 Å². The first-order valence-corrected chi connectivity index (χ1v) is 9.52. The third-order valence-electron chi connectivity index (χ3n) is 6.61. The zero-order valence-corrected chi connectivity index (χ0v) is 15.2. The highest BCUT2D eigenvalue weighted by molar-refractivity contribution is 5.93. The Kier molecular flexibility index (Phi) is 3.82. The van der Waals surface area contributed by atoms with Gasteiger partial charge in [-0.05, 0) is 55.6 Å². The van der Waals surface area contributed by atoms with Crippen LogP contribution in [-0.4, -0.2) is 57.2 Å². The minimum Gasteiger partial charge on any atom is -0.332 e. The summed E-state index contributed by atoms with van der Waals surface area (Å²) < 4.78 is 29.4. The smallest absolute Gasteiger partial charge is 0.272 e. The van der Waals surface area contributed by atoms with Gasteiger partial charge in [-0.2, -0.15) is 5.10 Å². The lowest BCUT2D eigenvalue weighted by Crippen LogP contribution is -2.60. The van der Waals surface area contributed by atoms with E-state index in [0.717, 1.165) is 32.0 Å². The molecule has 142 valence electrons. The molecule has 5 heterocycles. The molecule has 27 heavy (non-hydrogen) atoms. The van der Waals surface area contributed by atoms with Crippen LogP contribution in [0.4, 0.5) is 8.78 Å². The van der Waals surface area contributed by atoms with Crippen LogP contribution >= 0.6 is 0 Å². The molecule has 0 unspecified atom stereocenters. The maximum atomic E-state index is 13.9. The summed E-state index contributed by atoms with van der Waals surface area (Å²) in [4.78, 5) is 17.6. The molecule has 0 radical (unpaired) electrons. The van der Waals surface area contributed by atoms with E-state index in [-0.39, 0.29) is 23.9 Å². The number of nitrogens with zero attached hydrogens (tertiary/aromatic N) is 4. The van der Waals surface area contributed by atoms with Gasteiger partial charge >= 0.3 is 0 Å². The zero-order chi connectivity index (χ0) is 18.7. The van der Waals surface area contributed by atoms with E-state index in [1.54, 1.807) is 24.0 Å². The molecule has 1 amide bonds. The average molecular weight is 372 g/mol. The quantitative estimate of drug-likeness (QED) is 0.813. The lowest BCUT2D eigenvalue weighted by molar-refractivity contribution is -0.00375. The molecule has 0 saturated carbocycles. The van der Waals surface area contributed by atoms with Gasteiger partial charge in [-0.1, -0.05) is 0 Å². The van der Waals surface area contributed by atoms with Gasteiger partial charge in [0.05, 0.1) is 6.04 Å². The number of hydrogen-bond donors (Lipinski definition) is 0. The molecule has 6 rings (SSSR count). The molecule has 5 nitrogen and oxygen atoms in total. The number of benzene rings is 1. The fourth-order valence-corrected chi connectivity index (χ4v) is 5.47. The van der Waals surface area contributed by atoms with Crippen molar-refractivity contribution in [3.8, 4) is 0 Å². The van der Waals surface area contributed by atoms with E-state index in [0.29, 0.717) is 23.7 Å². The van der Waals surface area contributed by atoms with Crippen molar-refractivity contribution in [2.24, 2.45) is 13.0 Å². The summed E-state index contributed by atoms with van der Waals surface area (Å²) in [6.45, 7) is 2.47. The number of carbonyl (C=O) groups excluding carboxylic acids is 1. The summed E-state index contributed by atoms with van der Waals surface area (Å²) in [7, 11) is 1.76. The number of hydrogen-bond acceptors (Lipinski definition) is 3. The van der Waals surface area contributed by atoms with Gasteiger partial charge in [0.15, 0.2) is 0 Å². The van der Waals surface area contributed by atoms with Crippen LogP contribution in [0.1, 0.15) is 34.8 Å². The van der Waals surface area contributed by atoms with Gasteiger partial charge in [0.25, 0.3) is 5.91 Å². The third kappa shape index (κ3) is 2.59. The largest absolute Gasteiger partial charge is 0.332 e. The van der Waals surface area contributed by atoms with Crippen LogP contribution in [0.25, 0.3) is 0 Å². The Labute approximate surface area is 156 Å². The van der Waals surface area contributed by atoms with Gasteiger partial charge in [-0.3, -0.25) is 14.4 Å². The second-order valence-corrected chi connectivity index (χ2v) is 7.96. The number of aryl methyl sites for hydroxylation is 1. The second-order valence-electron chi connectivity index (χ2n) is 7.96. The van der Waals surface area contributed by atoms with Crippen molar-refractivity contribution in [2.45, 2.75) is 30.8 Å². The lowest BCUT2D eigenvalue weighted by atomic mass is 9.75. The van der Waals surface area contributed by atoms with Gasteiger partial charge < -0.3 is 4.90 Å². The summed E-state index contributed by atoms with van der Waals surface area (Å²) in [5.41, 5.74) is 1.20. The number of piperidine rings is 3. The second kappa shape index (κ2) is 6.12. The number of halogens is 2. The predicted octanol–water partition coefficient (Wildman–Crippen LogP) is 2.40. The van der Waals surface area contributed by atoms with E-state index >= 15 is 0 Å². The molecule has 2 aromatic rings. The Morgan fingerprint density at radius 2 is 1.81 bits per heavy atom. The molecule has 3 atom stereocenters. The van der Waals surface area contributed by atoms with Crippen molar-refractivity contribution in [1.82, 2.24) is 19.6 Å². The van der Waals surface area contributed by atoms with Crippen molar-refractivity contribution in [2.75, 3.05) is 19.6 Å². The van der Waals surface area contributed by atoms with E-state index in [1.165, 1.54) is 12.1 Å².